The predicted octanol–water partition coefficient (Wildman–Crippen LogP) is 2.79. The molecule has 22 heavy (non-hydrogen) atoms. The summed E-state index contributed by atoms with van der Waals surface area (Å²) in [6.07, 6.45) is 5.62. The standard InChI is InChI=1S/C19H29NO2/c1-16-5-2-3-6-17(16)13-19(15-21)9-4-10-20(14-19)18-7-11-22-12-8-18/h2-3,5-6,18,21H,4,7-15H2,1H3. The normalized spacial score (nSPS) is 27.9. The molecule has 3 nitrogen and oxygen atoms in total. The summed E-state index contributed by atoms with van der Waals surface area (Å²) < 4.78 is 5.50. The second-order valence-electron chi connectivity index (χ2n) is 7.18. The second kappa shape index (κ2) is 7.12. The van der Waals surface area contributed by atoms with Crippen LogP contribution < -0.4 is 0 Å². The molecular weight excluding hydrogens is 274 g/mol. The van der Waals surface area contributed by atoms with Crippen molar-refractivity contribution in [3.63, 3.8) is 0 Å². The Labute approximate surface area is 134 Å². The van der Waals surface area contributed by atoms with Crippen molar-refractivity contribution in [2.75, 3.05) is 32.9 Å². The molecule has 0 bridgehead atoms. The lowest BCUT2D eigenvalue weighted by Gasteiger charge is -2.46. The molecule has 2 saturated heterocycles. The molecular formula is C19H29NO2. The minimum absolute atomic E-state index is 0.0304. The van der Waals surface area contributed by atoms with Crippen LogP contribution in [0.1, 0.15) is 36.8 Å². The molecule has 2 fully saturated rings. The SMILES string of the molecule is Cc1ccccc1CC1(CO)CCCN(C2CCOCC2)C1. The van der Waals surface area contributed by atoms with Gasteiger partial charge in [-0.2, -0.15) is 0 Å². The Balaban J connectivity index is 1.72. The molecule has 0 amide bonds. The van der Waals surface area contributed by atoms with Crippen molar-refractivity contribution in [1.82, 2.24) is 4.90 Å². The topological polar surface area (TPSA) is 32.7 Å². The largest absolute Gasteiger partial charge is 0.396 e. The zero-order valence-corrected chi connectivity index (χ0v) is 13.8. The highest BCUT2D eigenvalue weighted by Gasteiger charge is 2.37. The molecule has 1 N–H and O–H groups in total. The monoisotopic (exact) mass is 303 g/mol. The van der Waals surface area contributed by atoms with Crippen LogP contribution in [0.3, 0.4) is 0 Å². The Kier molecular flexibility index (Phi) is 5.17. The fraction of sp³-hybridized carbons (Fsp3) is 0.684. The van der Waals surface area contributed by atoms with Crippen LogP contribution in [0.4, 0.5) is 0 Å². The van der Waals surface area contributed by atoms with Gasteiger partial charge < -0.3 is 9.84 Å². The van der Waals surface area contributed by atoms with E-state index in [0.29, 0.717) is 12.6 Å². The van der Waals surface area contributed by atoms with E-state index in [2.05, 4.69) is 36.1 Å². The van der Waals surface area contributed by atoms with Gasteiger partial charge in [0.15, 0.2) is 0 Å². The Morgan fingerprint density at radius 1 is 1.27 bits per heavy atom. The zero-order valence-electron chi connectivity index (χ0n) is 13.8. The summed E-state index contributed by atoms with van der Waals surface area (Å²) in [6.45, 7) is 6.47. The van der Waals surface area contributed by atoms with Crippen molar-refractivity contribution < 1.29 is 9.84 Å². The molecule has 0 saturated carbocycles. The molecule has 2 aliphatic heterocycles. The van der Waals surface area contributed by atoms with Gasteiger partial charge in [-0.3, -0.25) is 4.90 Å². The number of rotatable bonds is 4. The number of aliphatic hydroxyl groups excluding tert-OH is 1. The van der Waals surface area contributed by atoms with Gasteiger partial charge in [-0.1, -0.05) is 24.3 Å². The summed E-state index contributed by atoms with van der Waals surface area (Å²) in [6, 6.07) is 9.27. The van der Waals surface area contributed by atoms with Crippen LogP contribution in [-0.4, -0.2) is 49.0 Å². The molecule has 0 spiro atoms. The Hall–Kier alpha value is -0.900. The number of hydrogen-bond acceptors (Lipinski definition) is 3. The fourth-order valence-corrected chi connectivity index (χ4v) is 4.15. The maximum atomic E-state index is 10.2. The predicted molar refractivity (Wildman–Crippen MR) is 89.0 cm³/mol. The average molecular weight is 303 g/mol. The number of aryl methyl sites for hydroxylation is 1. The van der Waals surface area contributed by atoms with E-state index in [1.807, 2.05) is 0 Å². The highest BCUT2D eigenvalue weighted by Crippen LogP contribution is 2.36. The Morgan fingerprint density at radius 3 is 2.77 bits per heavy atom. The minimum Gasteiger partial charge on any atom is -0.396 e. The summed E-state index contributed by atoms with van der Waals surface area (Å²) in [5.74, 6) is 0. The van der Waals surface area contributed by atoms with E-state index in [-0.39, 0.29) is 5.41 Å². The summed E-state index contributed by atoms with van der Waals surface area (Å²) in [5, 5.41) is 10.2. The number of nitrogens with zero attached hydrogens (tertiary/aromatic N) is 1. The highest BCUT2D eigenvalue weighted by molar-refractivity contribution is 5.27. The van der Waals surface area contributed by atoms with E-state index in [1.165, 1.54) is 24.1 Å². The molecule has 0 radical (unpaired) electrons. The molecule has 1 aromatic carbocycles. The Bertz CT molecular complexity index is 484. The summed E-state index contributed by atoms with van der Waals surface area (Å²) in [5.41, 5.74) is 2.77. The van der Waals surface area contributed by atoms with Gasteiger partial charge in [-0.05, 0) is 56.7 Å². The van der Waals surface area contributed by atoms with Gasteiger partial charge in [0.1, 0.15) is 0 Å². The smallest absolute Gasteiger partial charge is 0.0502 e. The quantitative estimate of drug-likeness (QED) is 0.928. The van der Waals surface area contributed by atoms with E-state index in [9.17, 15) is 5.11 Å². The average Bonchev–Trinajstić information content (AvgIpc) is 2.58. The van der Waals surface area contributed by atoms with Gasteiger partial charge in [0.05, 0.1) is 6.61 Å². The third-order valence-corrected chi connectivity index (χ3v) is 5.56. The molecule has 1 unspecified atom stereocenters. The van der Waals surface area contributed by atoms with Crippen LogP contribution in [-0.2, 0) is 11.2 Å². The van der Waals surface area contributed by atoms with Crippen molar-refractivity contribution in [3.05, 3.63) is 35.4 Å². The van der Waals surface area contributed by atoms with E-state index in [4.69, 9.17) is 4.74 Å². The number of likely N-dealkylation sites (tertiary alicyclic amines) is 1. The second-order valence-corrected chi connectivity index (χ2v) is 7.18. The van der Waals surface area contributed by atoms with Gasteiger partial charge in [0.2, 0.25) is 0 Å². The van der Waals surface area contributed by atoms with Crippen molar-refractivity contribution in [2.24, 2.45) is 5.41 Å². The highest BCUT2D eigenvalue weighted by atomic mass is 16.5. The first kappa shape index (κ1) is 16.0. The van der Waals surface area contributed by atoms with Gasteiger partial charge in [0, 0.05) is 31.2 Å². The fourth-order valence-electron chi connectivity index (χ4n) is 4.15. The van der Waals surface area contributed by atoms with Gasteiger partial charge in [0.25, 0.3) is 0 Å². The molecule has 2 heterocycles. The number of hydrogen-bond donors (Lipinski definition) is 1. The van der Waals surface area contributed by atoms with Crippen LogP contribution in [0.2, 0.25) is 0 Å². The van der Waals surface area contributed by atoms with Crippen LogP contribution in [0, 0.1) is 12.3 Å². The molecule has 0 aliphatic carbocycles. The van der Waals surface area contributed by atoms with Crippen molar-refractivity contribution in [1.29, 1.82) is 0 Å². The van der Waals surface area contributed by atoms with Gasteiger partial charge in [-0.25, -0.2) is 0 Å². The van der Waals surface area contributed by atoms with E-state index in [1.54, 1.807) is 0 Å². The van der Waals surface area contributed by atoms with Crippen LogP contribution in [0.25, 0.3) is 0 Å². The third kappa shape index (κ3) is 3.53. The maximum Gasteiger partial charge on any atom is 0.0502 e. The zero-order chi connectivity index (χ0) is 15.4. The van der Waals surface area contributed by atoms with Crippen molar-refractivity contribution >= 4 is 0 Å². The lowest BCUT2D eigenvalue weighted by atomic mass is 9.74. The number of piperidine rings is 1. The third-order valence-electron chi connectivity index (χ3n) is 5.56. The van der Waals surface area contributed by atoms with E-state index < -0.39 is 0 Å². The molecule has 1 atom stereocenters. The summed E-state index contributed by atoms with van der Waals surface area (Å²) in [4.78, 5) is 2.63. The lowest BCUT2D eigenvalue weighted by Crippen LogP contribution is -2.51. The van der Waals surface area contributed by atoms with Crippen molar-refractivity contribution in [2.45, 2.75) is 45.1 Å². The number of benzene rings is 1. The first-order chi connectivity index (χ1) is 10.7. The van der Waals surface area contributed by atoms with E-state index in [0.717, 1.165) is 45.4 Å². The molecule has 122 valence electrons. The molecule has 3 heteroatoms. The molecule has 1 aromatic rings. The molecule has 3 rings (SSSR count). The van der Waals surface area contributed by atoms with Crippen molar-refractivity contribution in [3.8, 4) is 0 Å². The van der Waals surface area contributed by atoms with E-state index >= 15 is 0 Å². The first-order valence-electron chi connectivity index (χ1n) is 8.70. The minimum atomic E-state index is 0.0304. The number of ether oxygens (including phenoxy) is 1. The maximum absolute atomic E-state index is 10.2. The summed E-state index contributed by atoms with van der Waals surface area (Å²) >= 11 is 0. The van der Waals surface area contributed by atoms with Gasteiger partial charge in [-0.15, -0.1) is 0 Å². The number of aliphatic hydroxyl groups is 1. The van der Waals surface area contributed by atoms with Crippen LogP contribution >= 0.6 is 0 Å². The molecule has 2 aliphatic rings. The lowest BCUT2D eigenvalue weighted by molar-refractivity contribution is -0.0228. The van der Waals surface area contributed by atoms with Crippen LogP contribution in [0.15, 0.2) is 24.3 Å². The molecule has 0 aromatic heterocycles. The first-order valence-corrected chi connectivity index (χ1v) is 8.70. The van der Waals surface area contributed by atoms with Crippen LogP contribution in [0.5, 0.6) is 0 Å². The summed E-state index contributed by atoms with van der Waals surface area (Å²) in [7, 11) is 0. The van der Waals surface area contributed by atoms with Gasteiger partial charge >= 0.3 is 0 Å². The Morgan fingerprint density at radius 2 is 2.05 bits per heavy atom.